The molecule has 29 heavy (non-hydrogen) atoms. The number of hydrogen-bond acceptors (Lipinski definition) is 9. The van der Waals surface area contributed by atoms with Crippen molar-refractivity contribution in [1.82, 2.24) is 0 Å². The molecule has 2 fully saturated rings. The summed E-state index contributed by atoms with van der Waals surface area (Å²) in [5.41, 5.74) is 0.898. The molecule has 3 rings (SSSR count). The monoisotopic (exact) mass is 413 g/mol. The summed E-state index contributed by atoms with van der Waals surface area (Å²) in [6, 6.07) is 9.60. The number of ether oxygens (including phenoxy) is 6. The van der Waals surface area contributed by atoms with E-state index < -0.39 is 12.2 Å². The summed E-state index contributed by atoms with van der Waals surface area (Å²) in [5, 5.41) is 20.7. The van der Waals surface area contributed by atoms with Crippen LogP contribution in [0.2, 0.25) is 0 Å². The summed E-state index contributed by atoms with van der Waals surface area (Å²) < 4.78 is 31.4. The summed E-state index contributed by atoms with van der Waals surface area (Å²) in [6.45, 7) is 3.62. The third-order valence-electron chi connectivity index (χ3n) is 4.35. The summed E-state index contributed by atoms with van der Waals surface area (Å²) in [7, 11) is 0. The smallest absolute Gasteiger partial charge is 0.146 e. The number of nitrogens with zero attached hydrogens (tertiary/aromatic N) is 1. The van der Waals surface area contributed by atoms with E-state index in [0.29, 0.717) is 26.3 Å². The van der Waals surface area contributed by atoms with Crippen molar-refractivity contribution in [2.45, 2.75) is 24.4 Å². The fraction of sp³-hybridized carbons (Fsp3) is 0.700. The molecule has 0 aliphatic carbocycles. The molecule has 1 aromatic carbocycles. The van der Waals surface area contributed by atoms with E-state index >= 15 is 0 Å². The molecule has 9 nitrogen and oxygen atoms in total. The molecule has 0 radical (unpaired) electrons. The Labute approximate surface area is 171 Å². The molecule has 0 amide bonds. The second-order valence-electron chi connectivity index (χ2n) is 7.18. The number of para-hydroxylation sites is 1. The van der Waals surface area contributed by atoms with Gasteiger partial charge in [0.25, 0.3) is 0 Å². The van der Waals surface area contributed by atoms with Gasteiger partial charge in [-0.25, -0.2) is 0 Å². The second kappa shape index (κ2) is 12.4. The van der Waals surface area contributed by atoms with Crippen LogP contribution in [0.5, 0.6) is 0 Å². The minimum absolute atomic E-state index is 0.116. The van der Waals surface area contributed by atoms with Crippen LogP contribution in [-0.2, 0) is 28.4 Å². The molecule has 0 bridgehead atoms. The van der Waals surface area contributed by atoms with Crippen molar-refractivity contribution in [2.24, 2.45) is 0 Å². The van der Waals surface area contributed by atoms with Crippen LogP contribution in [-0.4, -0.2) is 101 Å². The van der Waals surface area contributed by atoms with E-state index in [4.69, 9.17) is 28.4 Å². The van der Waals surface area contributed by atoms with E-state index in [2.05, 4.69) is 0 Å². The normalized spacial score (nSPS) is 22.3. The quantitative estimate of drug-likeness (QED) is 0.207. The molecule has 1 aromatic rings. The highest BCUT2D eigenvalue weighted by molar-refractivity contribution is 5.46. The number of aliphatic hydroxyl groups is 2. The van der Waals surface area contributed by atoms with Gasteiger partial charge in [0, 0.05) is 18.8 Å². The number of anilines is 1. The predicted molar refractivity (Wildman–Crippen MR) is 104 cm³/mol. The minimum Gasteiger partial charge on any atom is -0.389 e. The van der Waals surface area contributed by atoms with Crippen molar-refractivity contribution in [2.75, 3.05) is 71.2 Å². The molecule has 0 aromatic heterocycles. The maximum Gasteiger partial charge on any atom is 0.146 e. The van der Waals surface area contributed by atoms with E-state index in [-0.39, 0.29) is 39.0 Å². The van der Waals surface area contributed by atoms with Crippen LogP contribution < -0.4 is 4.90 Å². The van der Waals surface area contributed by atoms with Crippen molar-refractivity contribution in [3.8, 4) is 0 Å². The molecule has 0 spiro atoms. The zero-order valence-corrected chi connectivity index (χ0v) is 16.6. The van der Waals surface area contributed by atoms with E-state index in [9.17, 15) is 10.2 Å². The fourth-order valence-electron chi connectivity index (χ4n) is 2.71. The number of rotatable bonds is 17. The van der Waals surface area contributed by atoms with Crippen LogP contribution in [0.4, 0.5) is 5.69 Å². The molecule has 2 N–H and O–H groups in total. The van der Waals surface area contributed by atoms with Crippen molar-refractivity contribution < 1.29 is 38.6 Å². The van der Waals surface area contributed by atoms with Gasteiger partial charge in [-0.05, 0) is 12.1 Å². The van der Waals surface area contributed by atoms with E-state index in [0.717, 1.165) is 18.9 Å². The van der Waals surface area contributed by atoms with Gasteiger partial charge >= 0.3 is 0 Å². The lowest BCUT2D eigenvalue weighted by Crippen LogP contribution is -2.41. The summed E-state index contributed by atoms with van der Waals surface area (Å²) in [4.78, 5) is 1.90. The molecule has 2 saturated heterocycles. The van der Waals surface area contributed by atoms with Crippen molar-refractivity contribution in [1.29, 1.82) is 0 Å². The van der Waals surface area contributed by atoms with Crippen LogP contribution in [0.15, 0.2) is 30.3 Å². The Morgan fingerprint density at radius 3 is 1.76 bits per heavy atom. The average Bonchev–Trinajstić information content (AvgIpc) is 3.63. The Morgan fingerprint density at radius 2 is 1.31 bits per heavy atom. The zero-order chi connectivity index (χ0) is 20.3. The average molecular weight is 413 g/mol. The number of aliphatic hydroxyl groups excluding tert-OH is 2. The topological polar surface area (TPSA) is 106 Å². The number of benzene rings is 1. The van der Waals surface area contributed by atoms with Crippen molar-refractivity contribution in [3.63, 3.8) is 0 Å². The van der Waals surface area contributed by atoms with Gasteiger partial charge in [-0.3, -0.25) is 0 Å². The van der Waals surface area contributed by atoms with Crippen LogP contribution in [0.25, 0.3) is 0 Å². The van der Waals surface area contributed by atoms with Crippen molar-refractivity contribution in [3.05, 3.63) is 30.3 Å². The van der Waals surface area contributed by atoms with E-state index in [1.807, 2.05) is 35.2 Å². The molecular weight excluding hydrogens is 382 g/mol. The molecule has 164 valence electrons. The standard InChI is InChI=1S/C20H31NO8/c22-17(8-24-14-26-10-19-12-28-19)6-21(16-4-2-1-3-5-16)7-18(23)9-25-15-27-11-20-13-29-20/h1-5,17-20,22-23H,6-15H2. The lowest BCUT2D eigenvalue weighted by molar-refractivity contribution is -0.0829. The van der Waals surface area contributed by atoms with Crippen LogP contribution in [0.3, 0.4) is 0 Å². The van der Waals surface area contributed by atoms with Gasteiger partial charge in [0.1, 0.15) is 25.8 Å². The van der Waals surface area contributed by atoms with Gasteiger partial charge in [-0.1, -0.05) is 18.2 Å². The molecule has 2 aliphatic heterocycles. The van der Waals surface area contributed by atoms with Crippen molar-refractivity contribution >= 4 is 5.69 Å². The Balaban J connectivity index is 1.35. The molecule has 2 aliphatic rings. The predicted octanol–water partition coefficient (Wildman–Crippen LogP) is -0.00620. The Kier molecular flexibility index (Phi) is 9.58. The molecule has 9 heteroatoms. The van der Waals surface area contributed by atoms with Gasteiger partial charge in [0.05, 0.1) is 51.8 Å². The highest BCUT2D eigenvalue weighted by Gasteiger charge is 2.23. The highest BCUT2D eigenvalue weighted by Crippen LogP contribution is 2.15. The van der Waals surface area contributed by atoms with Gasteiger partial charge in [0.15, 0.2) is 0 Å². The van der Waals surface area contributed by atoms with Crippen LogP contribution in [0.1, 0.15) is 0 Å². The van der Waals surface area contributed by atoms with Crippen LogP contribution >= 0.6 is 0 Å². The first kappa shape index (κ1) is 22.4. The Bertz CT molecular complexity index is 525. The van der Waals surface area contributed by atoms with E-state index in [1.165, 1.54) is 0 Å². The third-order valence-corrected chi connectivity index (χ3v) is 4.35. The zero-order valence-electron chi connectivity index (χ0n) is 16.6. The SMILES string of the molecule is OC(COCOCC1CO1)CN(CC(O)COCOCC1CO1)c1ccccc1. The number of hydrogen-bond donors (Lipinski definition) is 2. The first-order chi connectivity index (χ1) is 14.2. The Morgan fingerprint density at radius 1 is 0.828 bits per heavy atom. The van der Waals surface area contributed by atoms with Gasteiger partial charge in [-0.15, -0.1) is 0 Å². The minimum atomic E-state index is -0.731. The van der Waals surface area contributed by atoms with E-state index in [1.54, 1.807) is 0 Å². The highest BCUT2D eigenvalue weighted by atomic mass is 16.7. The summed E-state index contributed by atoms with van der Waals surface area (Å²) in [5.74, 6) is 0. The molecule has 4 atom stereocenters. The third kappa shape index (κ3) is 9.83. The second-order valence-corrected chi connectivity index (χ2v) is 7.18. The Hall–Kier alpha value is -1.30. The molecule has 0 saturated carbocycles. The molecular formula is C20H31NO8. The van der Waals surface area contributed by atoms with Gasteiger partial charge < -0.3 is 43.5 Å². The van der Waals surface area contributed by atoms with Gasteiger partial charge in [-0.2, -0.15) is 0 Å². The van der Waals surface area contributed by atoms with Crippen LogP contribution in [0, 0.1) is 0 Å². The summed E-state index contributed by atoms with van der Waals surface area (Å²) in [6.07, 6.45) is -1.08. The first-order valence-electron chi connectivity index (χ1n) is 9.91. The molecule has 2 heterocycles. The summed E-state index contributed by atoms with van der Waals surface area (Å²) >= 11 is 0. The lowest BCUT2D eigenvalue weighted by Gasteiger charge is -2.29. The largest absolute Gasteiger partial charge is 0.389 e. The van der Waals surface area contributed by atoms with Gasteiger partial charge in [0.2, 0.25) is 0 Å². The molecule has 4 unspecified atom stereocenters. The lowest BCUT2D eigenvalue weighted by atomic mass is 10.2. The fourth-order valence-corrected chi connectivity index (χ4v) is 2.71. The number of epoxide rings is 2. The first-order valence-corrected chi connectivity index (χ1v) is 9.91. The maximum atomic E-state index is 10.3. The maximum absolute atomic E-state index is 10.3.